The van der Waals surface area contributed by atoms with Crippen LogP contribution in [0.25, 0.3) is 65.3 Å². The Balaban J connectivity index is 0.000000208. The van der Waals surface area contributed by atoms with Gasteiger partial charge in [0.25, 0.3) is 0 Å². The maximum absolute atomic E-state index is 5.97. The van der Waals surface area contributed by atoms with Crippen LogP contribution in [0.15, 0.2) is 146 Å². The Morgan fingerprint density at radius 1 is 0.261 bits per heavy atom. The third-order valence-corrected chi connectivity index (χ3v) is 23.7. The van der Waals surface area contributed by atoms with Crippen molar-refractivity contribution in [1.29, 1.82) is 0 Å². The second-order valence-corrected chi connectivity index (χ2v) is 36.4. The molecule has 0 bridgehead atoms. The molecule has 0 spiro atoms. The van der Waals surface area contributed by atoms with Crippen LogP contribution in [0.3, 0.4) is 0 Å². The minimum Gasteiger partial charge on any atom is -0.496 e. The molecular formula is C65H81OP3. The highest BCUT2D eigenvalue weighted by atomic mass is 31.1. The van der Waals surface area contributed by atoms with E-state index in [1.807, 2.05) is 0 Å². The van der Waals surface area contributed by atoms with Crippen molar-refractivity contribution in [2.24, 2.45) is 0 Å². The molecule has 0 aliphatic rings. The maximum Gasteiger partial charge on any atom is 0.127 e. The summed E-state index contributed by atoms with van der Waals surface area (Å²) in [6, 6.07) is 54.3. The van der Waals surface area contributed by atoms with E-state index in [0.29, 0.717) is 0 Å². The first-order valence-corrected chi connectivity index (χ1v) is 29.1. The number of ether oxygens (including phenoxy) is 1. The van der Waals surface area contributed by atoms with Gasteiger partial charge in [-0.3, -0.25) is 0 Å². The molecule has 0 heterocycles. The summed E-state index contributed by atoms with van der Waals surface area (Å²) in [5, 5.41) is 16.1. The fraction of sp³-hybridized carbons (Fsp3) is 0.385. The summed E-state index contributed by atoms with van der Waals surface area (Å²) in [5.74, 6) is 0.939. The Kier molecular flexibility index (Phi) is 14.9. The van der Waals surface area contributed by atoms with E-state index in [9.17, 15) is 0 Å². The van der Waals surface area contributed by atoms with E-state index in [0.717, 1.165) is 5.75 Å². The number of hydrogen-bond donors (Lipinski definition) is 0. The number of hydrogen-bond acceptors (Lipinski definition) is 1. The van der Waals surface area contributed by atoms with Crippen molar-refractivity contribution < 1.29 is 4.74 Å². The van der Waals surface area contributed by atoms with Crippen molar-refractivity contribution in [3.8, 4) is 28.0 Å². The Bertz CT molecular complexity index is 2960. The SMILES string of the molecule is CC(C)(C)P(c1ccc2ccccc2c1-c1c(P(C(C)(C)C)C(C)(C)C)ccc2ccccc12)C(C)(C)C.COc1ccc2ccccc2c1-c1c(P(C(C)(C)C)C(C)(C)C)ccc2ccccc12. The molecule has 0 saturated heterocycles. The van der Waals surface area contributed by atoms with Gasteiger partial charge in [-0.15, -0.1) is 0 Å². The monoisotopic (exact) mass is 971 g/mol. The van der Waals surface area contributed by atoms with Crippen molar-refractivity contribution in [1.82, 2.24) is 0 Å². The van der Waals surface area contributed by atoms with Crippen molar-refractivity contribution >= 4 is 82.8 Å². The summed E-state index contributed by atoms with van der Waals surface area (Å²) >= 11 is 0. The Morgan fingerprint density at radius 2 is 0.478 bits per heavy atom. The zero-order valence-corrected chi connectivity index (χ0v) is 48.3. The van der Waals surface area contributed by atoms with Crippen molar-refractivity contribution in [2.45, 2.75) is 156 Å². The van der Waals surface area contributed by atoms with Crippen LogP contribution in [-0.2, 0) is 0 Å². The fourth-order valence-corrected chi connectivity index (χ4v) is 24.4. The van der Waals surface area contributed by atoms with E-state index in [4.69, 9.17) is 4.74 Å². The van der Waals surface area contributed by atoms with Crippen LogP contribution in [0.1, 0.15) is 125 Å². The minimum absolute atomic E-state index is 0.169. The van der Waals surface area contributed by atoms with Gasteiger partial charge in [0.1, 0.15) is 5.75 Å². The number of methoxy groups -OCH3 is 1. The quantitative estimate of drug-likeness (QED) is 0.151. The van der Waals surface area contributed by atoms with Gasteiger partial charge in [-0.05, 0) is 107 Å². The zero-order valence-electron chi connectivity index (χ0n) is 45.6. The Labute approximate surface area is 421 Å². The molecule has 8 aromatic rings. The van der Waals surface area contributed by atoms with Crippen LogP contribution in [0.4, 0.5) is 0 Å². The first-order valence-electron chi connectivity index (χ1n) is 25.1. The summed E-state index contributed by atoms with van der Waals surface area (Å²) < 4.78 is 5.97. The molecule has 69 heavy (non-hydrogen) atoms. The smallest absolute Gasteiger partial charge is 0.127 e. The molecule has 0 fully saturated rings. The van der Waals surface area contributed by atoms with Gasteiger partial charge in [0.15, 0.2) is 0 Å². The average molecular weight is 971 g/mol. The molecule has 0 atom stereocenters. The fourth-order valence-electron chi connectivity index (χ4n) is 12.0. The summed E-state index contributed by atoms with van der Waals surface area (Å²) in [4.78, 5) is 0. The summed E-state index contributed by atoms with van der Waals surface area (Å²) in [6.07, 6.45) is 0. The van der Waals surface area contributed by atoms with Gasteiger partial charge in [0.05, 0.1) is 7.11 Å². The van der Waals surface area contributed by atoms with Crippen molar-refractivity contribution in [2.75, 3.05) is 7.11 Å². The Morgan fingerprint density at radius 3 is 0.725 bits per heavy atom. The highest BCUT2D eigenvalue weighted by Gasteiger charge is 2.42. The van der Waals surface area contributed by atoms with E-state index < -0.39 is 23.8 Å². The lowest BCUT2D eigenvalue weighted by Gasteiger charge is -2.45. The van der Waals surface area contributed by atoms with E-state index in [2.05, 4.69) is 270 Å². The standard InChI is InChI=1S/C36H48P2.C29H33OP/c1-33(2,3)37(34(4,5)6)29-23-21-25-17-13-15-19-27(25)31(29)32-28-20-16-14-18-26(28)22-24-30(32)38(35(7,8)9)36(10,11)12;1-28(2,3)31(29(4,5)6)25-19-17-21-13-9-11-15-23(21)27(25)26-22-14-10-8-12-20(22)16-18-24(26)30-7/h13-24H,1-12H3;8-19H,1-7H3. The summed E-state index contributed by atoms with van der Waals surface area (Å²) in [5.41, 5.74) is 5.51. The maximum atomic E-state index is 5.97. The molecule has 0 radical (unpaired) electrons. The van der Waals surface area contributed by atoms with Gasteiger partial charge in [0.2, 0.25) is 0 Å². The molecule has 362 valence electrons. The van der Waals surface area contributed by atoms with Crippen LogP contribution in [0.2, 0.25) is 0 Å². The van der Waals surface area contributed by atoms with Gasteiger partial charge < -0.3 is 4.74 Å². The van der Waals surface area contributed by atoms with Crippen LogP contribution in [-0.4, -0.2) is 38.0 Å². The number of benzene rings is 8. The summed E-state index contributed by atoms with van der Waals surface area (Å²) in [6.45, 7) is 43.7. The Hall–Kier alpha value is -4.11. The van der Waals surface area contributed by atoms with Crippen LogP contribution in [0, 0.1) is 0 Å². The van der Waals surface area contributed by atoms with Crippen LogP contribution < -0.4 is 20.7 Å². The van der Waals surface area contributed by atoms with E-state index in [-0.39, 0.29) is 30.9 Å². The second-order valence-electron chi connectivity index (χ2n) is 24.9. The first-order chi connectivity index (χ1) is 32.0. The lowest BCUT2D eigenvalue weighted by Crippen LogP contribution is -2.34. The molecule has 0 unspecified atom stereocenters. The molecule has 0 N–H and O–H groups in total. The molecule has 4 heteroatoms. The lowest BCUT2D eigenvalue weighted by atomic mass is 9.93. The number of rotatable bonds is 6. The van der Waals surface area contributed by atoms with Crippen LogP contribution >= 0.6 is 23.8 Å². The normalized spacial score (nSPS) is 13.2. The summed E-state index contributed by atoms with van der Waals surface area (Å²) in [7, 11) is 0.320. The molecule has 8 aromatic carbocycles. The van der Waals surface area contributed by atoms with Gasteiger partial charge in [-0.25, -0.2) is 0 Å². The van der Waals surface area contributed by atoms with Gasteiger partial charge in [-0.2, -0.15) is 0 Å². The highest BCUT2D eigenvalue weighted by Crippen LogP contribution is 2.64. The first kappa shape index (κ1) is 52.7. The largest absolute Gasteiger partial charge is 0.496 e. The molecule has 0 aromatic heterocycles. The molecule has 1 nitrogen and oxygen atoms in total. The van der Waals surface area contributed by atoms with Gasteiger partial charge in [-0.1, -0.05) is 288 Å². The highest BCUT2D eigenvalue weighted by molar-refractivity contribution is 7.70. The third-order valence-electron chi connectivity index (χ3n) is 13.1. The van der Waals surface area contributed by atoms with E-state index in [1.165, 1.54) is 70.6 Å². The van der Waals surface area contributed by atoms with Crippen LogP contribution in [0.5, 0.6) is 5.75 Å². The third kappa shape index (κ3) is 10.9. The van der Waals surface area contributed by atoms with Gasteiger partial charge in [0, 0.05) is 11.1 Å². The van der Waals surface area contributed by atoms with Crippen molar-refractivity contribution in [3.63, 3.8) is 0 Å². The molecular weight excluding hydrogens is 890 g/mol. The lowest BCUT2D eigenvalue weighted by molar-refractivity contribution is 0.417. The minimum atomic E-state index is -0.492. The zero-order chi connectivity index (χ0) is 50.6. The average Bonchev–Trinajstić information content (AvgIpc) is 3.23. The molecule has 0 amide bonds. The number of fused-ring (bicyclic) bond motifs is 4. The van der Waals surface area contributed by atoms with Crippen molar-refractivity contribution in [3.05, 3.63) is 146 Å². The predicted molar refractivity (Wildman–Crippen MR) is 319 cm³/mol. The van der Waals surface area contributed by atoms with Gasteiger partial charge >= 0.3 is 0 Å². The molecule has 0 aliphatic heterocycles. The van der Waals surface area contributed by atoms with E-state index in [1.54, 1.807) is 17.7 Å². The predicted octanol–water partition coefficient (Wildman–Crippen LogP) is 19.4. The van der Waals surface area contributed by atoms with E-state index >= 15 is 0 Å². The molecule has 8 rings (SSSR count). The topological polar surface area (TPSA) is 9.23 Å². The molecule has 0 aliphatic carbocycles. The second kappa shape index (κ2) is 19.5. The molecule has 0 saturated carbocycles.